The van der Waals surface area contributed by atoms with Gasteiger partial charge in [-0.05, 0) is 76.2 Å². The fourth-order valence-corrected chi connectivity index (χ4v) is 6.11. The number of rotatable bonds is 2. The molecule has 112 valence electrons. The molecule has 1 atom stereocenters. The number of likely N-dealkylation sites (tertiary alicyclic amines) is 1. The van der Waals surface area contributed by atoms with E-state index < -0.39 is 0 Å². The minimum Gasteiger partial charge on any atom is -0.341 e. The van der Waals surface area contributed by atoms with Crippen LogP contribution in [0.3, 0.4) is 0 Å². The largest absolute Gasteiger partial charge is 0.341 e. The summed E-state index contributed by atoms with van der Waals surface area (Å²) in [5.41, 5.74) is 0.0599. The van der Waals surface area contributed by atoms with Crippen LogP contribution in [0.25, 0.3) is 0 Å². The van der Waals surface area contributed by atoms with Crippen molar-refractivity contribution in [2.75, 3.05) is 20.1 Å². The summed E-state index contributed by atoms with van der Waals surface area (Å²) < 4.78 is 0. The Morgan fingerprint density at radius 1 is 1.10 bits per heavy atom. The number of carbonyl (C=O) groups is 1. The predicted octanol–water partition coefficient (Wildman–Crippen LogP) is 2.41. The summed E-state index contributed by atoms with van der Waals surface area (Å²) in [6, 6.07) is 0.515. The molecule has 0 aromatic heterocycles. The van der Waals surface area contributed by atoms with Gasteiger partial charge in [0.25, 0.3) is 0 Å². The van der Waals surface area contributed by atoms with Gasteiger partial charge in [-0.15, -0.1) is 0 Å². The Morgan fingerprint density at radius 3 is 2.25 bits per heavy atom. The molecule has 1 N–H and O–H groups in total. The molecule has 3 heteroatoms. The van der Waals surface area contributed by atoms with Crippen molar-refractivity contribution in [3.05, 3.63) is 0 Å². The molecule has 4 saturated carbocycles. The molecule has 0 aromatic rings. The molecule has 0 radical (unpaired) electrons. The maximum Gasteiger partial charge on any atom is 0.228 e. The zero-order valence-corrected chi connectivity index (χ0v) is 12.7. The van der Waals surface area contributed by atoms with E-state index in [2.05, 4.69) is 10.2 Å². The van der Waals surface area contributed by atoms with Gasteiger partial charge in [0.05, 0.1) is 5.41 Å². The molecule has 5 rings (SSSR count). The minimum atomic E-state index is 0.0599. The molecular formula is C17H28N2O. The number of hydrogen-bond acceptors (Lipinski definition) is 2. The third-order valence-electron chi connectivity index (χ3n) is 6.61. The summed E-state index contributed by atoms with van der Waals surface area (Å²) in [7, 11) is 2.03. The first kappa shape index (κ1) is 13.1. The SMILES string of the molecule is CNC1CCCN(C(=O)C23CC4CC(CC(C4)C2)C3)C1. The average molecular weight is 276 g/mol. The normalized spacial score (nSPS) is 46.8. The monoisotopic (exact) mass is 276 g/mol. The molecule has 0 spiro atoms. The molecule has 0 aromatic carbocycles. The Labute approximate surface area is 122 Å². The summed E-state index contributed by atoms with van der Waals surface area (Å²) in [6.07, 6.45) is 10.3. The summed E-state index contributed by atoms with van der Waals surface area (Å²) in [5, 5.41) is 3.37. The van der Waals surface area contributed by atoms with Gasteiger partial charge in [0.15, 0.2) is 0 Å². The summed E-state index contributed by atoms with van der Waals surface area (Å²) >= 11 is 0. The first-order valence-electron chi connectivity index (χ1n) is 8.65. The van der Waals surface area contributed by atoms with Gasteiger partial charge in [0, 0.05) is 19.1 Å². The van der Waals surface area contributed by atoms with Crippen molar-refractivity contribution in [2.24, 2.45) is 23.2 Å². The van der Waals surface area contributed by atoms with Gasteiger partial charge >= 0.3 is 0 Å². The van der Waals surface area contributed by atoms with Crippen LogP contribution in [0.4, 0.5) is 0 Å². The molecule has 1 aliphatic heterocycles. The average Bonchev–Trinajstić information content (AvgIpc) is 2.45. The van der Waals surface area contributed by atoms with Crippen LogP contribution < -0.4 is 5.32 Å². The van der Waals surface area contributed by atoms with E-state index in [-0.39, 0.29) is 5.41 Å². The Hall–Kier alpha value is -0.570. The van der Waals surface area contributed by atoms with Crippen molar-refractivity contribution in [3.8, 4) is 0 Å². The molecule has 1 saturated heterocycles. The highest BCUT2D eigenvalue weighted by atomic mass is 16.2. The summed E-state index contributed by atoms with van der Waals surface area (Å²) in [6.45, 7) is 1.94. The van der Waals surface area contributed by atoms with Gasteiger partial charge < -0.3 is 10.2 Å². The second-order valence-corrected chi connectivity index (χ2v) is 8.08. The van der Waals surface area contributed by atoms with E-state index in [1.807, 2.05) is 7.05 Å². The maximum absolute atomic E-state index is 13.2. The van der Waals surface area contributed by atoms with Gasteiger partial charge in [0.1, 0.15) is 0 Å². The lowest BCUT2D eigenvalue weighted by atomic mass is 9.49. The lowest BCUT2D eigenvalue weighted by Gasteiger charge is -2.57. The Bertz CT molecular complexity index is 371. The van der Waals surface area contributed by atoms with Crippen molar-refractivity contribution in [3.63, 3.8) is 0 Å². The molecule has 5 fully saturated rings. The van der Waals surface area contributed by atoms with Crippen LogP contribution in [-0.2, 0) is 4.79 Å². The van der Waals surface area contributed by atoms with Crippen LogP contribution in [0.2, 0.25) is 0 Å². The van der Waals surface area contributed by atoms with E-state index in [9.17, 15) is 4.79 Å². The third-order valence-corrected chi connectivity index (χ3v) is 6.61. The highest BCUT2D eigenvalue weighted by molar-refractivity contribution is 5.83. The van der Waals surface area contributed by atoms with Crippen LogP contribution in [0.1, 0.15) is 51.4 Å². The van der Waals surface area contributed by atoms with Gasteiger partial charge in [-0.2, -0.15) is 0 Å². The predicted molar refractivity (Wildman–Crippen MR) is 79.3 cm³/mol. The first-order chi connectivity index (χ1) is 9.68. The zero-order chi connectivity index (χ0) is 13.7. The van der Waals surface area contributed by atoms with E-state index in [4.69, 9.17) is 0 Å². The number of nitrogens with one attached hydrogen (secondary N) is 1. The fraction of sp³-hybridized carbons (Fsp3) is 0.941. The van der Waals surface area contributed by atoms with E-state index in [1.165, 1.54) is 51.4 Å². The number of hydrogen-bond donors (Lipinski definition) is 1. The van der Waals surface area contributed by atoms with E-state index in [0.29, 0.717) is 11.9 Å². The van der Waals surface area contributed by atoms with E-state index in [0.717, 1.165) is 30.8 Å². The summed E-state index contributed by atoms with van der Waals surface area (Å²) in [5.74, 6) is 3.14. The molecule has 4 aliphatic carbocycles. The van der Waals surface area contributed by atoms with Gasteiger partial charge in [-0.25, -0.2) is 0 Å². The van der Waals surface area contributed by atoms with Crippen molar-refractivity contribution < 1.29 is 4.79 Å². The Morgan fingerprint density at radius 2 is 1.70 bits per heavy atom. The lowest BCUT2D eigenvalue weighted by molar-refractivity contribution is -0.159. The standard InChI is InChI=1S/C17H28N2O/c1-18-15-3-2-4-19(11-15)16(20)17-8-12-5-13(9-17)7-14(6-12)10-17/h12-15,18H,2-11H2,1H3. The fourth-order valence-electron chi connectivity index (χ4n) is 6.11. The molecule has 5 aliphatic rings. The minimum absolute atomic E-state index is 0.0599. The third kappa shape index (κ3) is 2.01. The number of carbonyl (C=O) groups excluding carboxylic acids is 1. The molecule has 1 heterocycles. The zero-order valence-electron chi connectivity index (χ0n) is 12.7. The highest BCUT2D eigenvalue weighted by Crippen LogP contribution is 2.60. The number of piperidine rings is 1. The molecule has 20 heavy (non-hydrogen) atoms. The molecule has 3 nitrogen and oxygen atoms in total. The number of likely N-dealkylation sites (N-methyl/N-ethyl adjacent to an activating group) is 1. The quantitative estimate of drug-likeness (QED) is 0.840. The van der Waals surface area contributed by atoms with Gasteiger partial charge in [-0.3, -0.25) is 4.79 Å². The number of amides is 1. The van der Waals surface area contributed by atoms with Crippen molar-refractivity contribution in [1.82, 2.24) is 10.2 Å². The van der Waals surface area contributed by atoms with Crippen LogP contribution >= 0.6 is 0 Å². The first-order valence-corrected chi connectivity index (χ1v) is 8.65. The topological polar surface area (TPSA) is 32.3 Å². The van der Waals surface area contributed by atoms with Gasteiger partial charge in [0.2, 0.25) is 5.91 Å². The maximum atomic E-state index is 13.2. The molecule has 1 unspecified atom stereocenters. The highest BCUT2D eigenvalue weighted by Gasteiger charge is 2.55. The van der Waals surface area contributed by atoms with Crippen molar-refractivity contribution in [2.45, 2.75) is 57.4 Å². The molecular weight excluding hydrogens is 248 g/mol. The second-order valence-electron chi connectivity index (χ2n) is 8.08. The summed E-state index contributed by atoms with van der Waals surface area (Å²) in [4.78, 5) is 15.4. The van der Waals surface area contributed by atoms with Gasteiger partial charge in [-0.1, -0.05) is 0 Å². The Balaban J connectivity index is 1.53. The Kier molecular flexibility index (Phi) is 3.10. The molecule has 1 amide bonds. The second kappa shape index (κ2) is 4.72. The lowest BCUT2D eigenvalue weighted by Crippen LogP contribution is -2.57. The van der Waals surface area contributed by atoms with E-state index in [1.54, 1.807) is 0 Å². The number of nitrogens with zero attached hydrogens (tertiary/aromatic N) is 1. The van der Waals surface area contributed by atoms with Crippen molar-refractivity contribution in [1.29, 1.82) is 0 Å². The molecule has 4 bridgehead atoms. The van der Waals surface area contributed by atoms with Crippen molar-refractivity contribution >= 4 is 5.91 Å². The van der Waals surface area contributed by atoms with Crippen LogP contribution in [-0.4, -0.2) is 37.0 Å². The van der Waals surface area contributed by atoms with Crippen LogP contribution in [0, 0.1) is 23.2 Å². The van der Waals surface area contributed by atoms with Crippen LogP contribution in [0.5, 0.6) is 0 Å². The van der Waals surface area contributed by atoms with Crippen LogP contribution in [0.15, 0.2) is 0 Å². The van der Waals surface area contributed by atoms with E-state index >= 15 is 0 Å². The smallest absolute Gasteiger partial charge is 0.228 e.